The predicted octanol–water partition coefficient (Wildman–Crippen LogP) is 4.95. The summed E-state index contributed by atoms with van der Waals surface area (Å²) in [6.07, 6.45) is 1.62. The molecule has 1 heterocycles. The van der Waals surface area contributed by atoms with E-state index in [0.29, 0.717) is 35.2 Å². The SMILES string of the molecule is COc1ccc(CCC(=O)Nc2nc(C)c(Cc3ccc(C)cc3)s2)c(OC)c1OC. The van der Waals surface area contributed by atoms with Crippen LogP contribution < -0.4 is 19.5 Å². The number of aryl methyl sites for hydroxylation is 3. The van der Waals surface area contributed by atoms with Crippen molar-refractivity contribution in [3.63, 3.8) is 0 Å². The normalized spacial score (nSPS) is 10.6. The third-order valence-electron chi connectivity index (χ3n) is 5.03. The first-order valence-electron chi connectivity index (χ1n) is 10.0. The molecule has 2 aromatic carbocycles. The lowest BCUT2D eigenvalue weighted by Gasteiger charge is -2.15. The number of anilines is 1. The van der Waals surface area contributed by atoms with E-state index in [4.69, 9.17) is 14.2 Å². The highest BCUT2D eigenvalue weighted by atomic mass is 32.1. The lowest BCUT2D eigenvalue weighted by molar-refractivity contribution is -0.116. The molecule has 0 unspecified atom stereocenters. The molecule has 6 nitrogen and oxygen atoms in total. The van der Waals surface area contributed by atoms with Crippen LogP contribution in [0.4, 0.5) is 5.13 Å². The minimum absolute atomic E-state index is 0.0903. The second-order valence-electron chi connectivity index (χ2n) is 7.23. The second kappa shape index (κ2) is 10.3. The number of carbonyl (C=O) groups excluding carboxylic acids is 1. The number of nitrogens with one attached hydrogen (secondary N) is 1. The Kier molecular flexibility index (Phi) is 7.52. The maximum absolute atomic E-state index is 12.5. The number of hydrogen-bond acceptors (Lipinski definition) is 6. The van der Waals surface area contributed by atoms with E-state index >= 15 is 0 Å². The second-order valence-corrected chi connectivity index (χ2v) is 8.32. The van der Waals surface area contributed by atoms with Gasteiger partial charge in [0.2, 0.25) is 11.7 Å². The van der Waals surface area contributed by atoms with Crippen molar-refractivity contribution >= 4 is 22.4 Å². The molecule has 7 heteroatoms. The quantitative estimate of drug-likeness (QED) is 0.510. The van der Waals surface area contributed by atoms with Gasteiger partial charge in [-0.3, -0.25) is 4.79 Å². The summed E-state index contributed by atoms with van der Waals surface area (Å²) in [6.45, 7) is 4.05. The fraction of sp³-hybridized carbons (Fsp3) is 0.333. The molecule has 0 atom stereocenters. The van der Waals surface area contributed by atoms with Crippen molar-refractivity contribution in [1.29, 1.82) is 0 Å². The molecule has 31 heavy (non-hydrogen) atoms. The van der Waals surface area contributed by atoms with Gasteiger partial charge in [-0.1, -0.05) is 35.9 Å². The molecule has 1 N–H and O–H groups in total. The number of amides is 1. The van der Waals surface area contributed by atoms with E-state index in [0.717, 1.165) is 22.6 Å². The zero-order chi connectivity index (χ0) is 22.4. The van der Waals surface area contributed by atoms with Gasteiger partial charge in [-0.15, -0.1) is 11.3 Å². The van der Waals surface area contributed by atoms with E-state index < -0.39 is 0 Å². The summed E-state index contributed by atoms with van der Waals surface area (Å²) in [6, 6.07) is 12.2. The van der Waals surface area contributed by atoms with Crippen LogP contribution in [0.2, 0.25) is 0 Å². The summed E-state index contributed by atoms with van der Waals surface area (Å²) in [5.41, 5.74) is 4.30. The van der Waals surface area contributed by atoms with E-state index in [-0.39, 0.29) is 5.91 Å². The Morgan fingerprint density at radius 3 is 2.32 bits per heavy atom. The maximum Gasteiger partial charge on any atom is 0.226 e. The van der Waals surface area contributed by atoms with E-state index in [1.54, 1.807) is 21.3 Å². The topological polar surface area (TPSA) is 69.7 Å². The van der Waals surface area contributed by atoms with Gasteiger partial charge in [-0.05, 0) is 37.5 Å². The van der Waals surface area contributed by atoms with Crippen molar-refractivity contribution in [2.24, 2.45) is 0 Å². The standard InChI is InChI=1S/C24H28N2O4S/c1-15-6-8-17(9-7-15)14-20-16(2)25-24(31-20)26-21(27)13-11-18-10-12-19(28-3)23(30-5)22(18)29-4/h6-10,12H,11,13-14H2,1-5H3,(H,25,26,27). The first-order chi connectivity index (χ1) is 14.9. The Balaban J connectivity index is 1.63. The third-order valence-corrected chi connectivity index (χ3v) is 6.10. The number of rotatable bonds is 9. The number of aromatic nitrogens is 1. The zero-order valence-corrected chi connectivity index (χ0v) is 19.4. The van der Waals surface area contributed by atoms with E-state index in [2.05, 4.69) is 41.5 Å². The van der Waals surface area contributed by atoms with Crippen LogP contribution in [-0.4, -0.2) is 32.2 Å². The van der Waals surface area contributed by atoms with Gasteiger partial charge in [0.1, 0.15) is 0 Å². The number of carbonyl (C=O) groups is 1. The summed E-state index contributed by atoms with van der Waals surface area (Å²) in [5, 5.41) is 3.56. The highest BCUT2D eigenvalue weighted by Gasteiger charge is 2.17. The Bertz CT molecular complexity index is 1040. The Morgan fingerprint density at radius 2 is 1.68 bits per heavy atom. The summed E-state index contributed by atoms with van der Waals surface area (Å²) in [4.78, 5) is 18.2. The maximum atomic E-state index is 12.5. The Hall–Kier alpha value is -3.06. The van der Waals surface area contributed by atoms with Crippen molar-refractivity contribution < 1.29 is 19.0 Å². The van der Waals surface area contributed by atoms with Crippen LogP contribution in [0.5, 0.6) is 17.2 Å². The van der Waals surface area contributed by atoms with Crippen LogP contribution in [0.1, 0.15) is 33.7 Å². The molecule has 1 amide bonds. The van der Waals surface area contributed by atoms with Gasteiger partial charge in [-0.2, -0.15) is 0 Å². The summed E-state index contributed by atoms with van der Waals surface area (Å²) < 4.78 is 16.2. The van der Waals surface area contributed by atoms with Crippen LogP contribution in [0.15, 0.2) is 36.4 Å². The minimum atomic E-state index is -0.0903. The highest BCUT2D eigenvalue weighted by molar-refractivity contribution is 7.15. The Labute approximate surface area is 187 Å². The fourth-order valence-corrected chi connectivity index (χ4v) is 4.34. The van der Waals surface area contributed by atoms with Gasteiger partial charge in [0.25, 0.3) is 0 Å². The molecule has 0 bridgehead atoms. The van der Waals surface area contributed by atoms with E-state index in [1.165, 1.54) is 22.5 Å². The average Bonchev–Trinajstić information content (AvgIpc) is 3.11. The number of ether oxygens (including phenoxy) is 3. The fourth-order valence-electron chi connectivity index (χ4n) is 3.33. The smallest absolute Gasteiger partial charge is 0.226 e. The van der Waals surface area contributed by atoms with E-state index in [1.807, 2.05) is 19.1 Å². The molecule has 0 spiro atoms. The largest absolute Gasteiger partial charge is 0.493 e. The molecular formula is C24H28N2O4S. The minimum Gasteiger partial charge on any atom is -0.493 e. The highest BCUT2D eigenvalue weighted by Crippen LogP contribution is 2.40. The van der Waals surface area contributed by atoms with Gasteiger partial charge in [0.05, 0.1) is 27.0 Å². The van der Waals surface area contributed by atoms with Crippen molar-refractivity contribution in [2.75, 3.05) is 26.6 Å². The van der Waals surface area contributed by atoms with Crippen molar-refractivity contribution in [3.05, 3.63) is 63.7 Å². The summed E-state index contributed by atoms with van der Waals surface area (Å²) in [7, 11) is 4.72. The molecule has 0 fully saturated rings. The molecule has 0 radical (unpaired) electrons. The average molecular weight is 441 g/mol. The number of methoxy groups -OCH3 is 3. The number of nitrogens with zero attached hydrogens (tertiary/aromatic N) is 1. The summed E-state index contributed by atoms with van der Waals surface area (Å²) >= 11 is 1.52. The van der Waals surface area contributed by atoms with Gasteiger partial charge >= 0.3 is 0 Å². The summed E-state index contributed by atoms with van der Waals surface area (Å²) in [5.74, 6) is 1.61. The molecule has 1 aromatic heterocycles. The van der Waals surface area contributed by atoms with Gasteiger partial charge in [0.15, 0.2) is 16.6 Å². The molecule has 0 aliphatic carbocycles. The number of hydrogen-bond donors (Lipinski definition) is 1. The van der Waals surface area contributed by atoms with E-state index in [9.17, 15) is 4.79 Å². The molecule has 0 aliphatic heterocycles. The molecular weight excluding hydrogens is 412 g/mol. The zero-order valence-electron chi connectivity index (χ0n) is 18.6. The van der Waals surface area contributed by atoms with Crippen molar-refractivity contribution in [1.82, 2.24) is 4.98 Å². The van der Waals surface area contributed by atoms with Crippen LogP contribution in [0.3, 0.4) is 0 Å². The predicted molar refractivity (Wildman–Crippen MR) is 124 cm³/mol. The monoisotopic (exact) mass is 440 g/mol. The van der Waals surface area contributed by atoms with Crippen LogP contribution in [0, 0.1) is 13.8 Å². The molecule has 164 valence electrons. The molecule has 3 aromatic rings. The molecule has 0 aliphatic rings. The molecule has 0 saturated carbocycles. The van der Waals surface area contributed by atoms with Crippen LogP contribution >= 0.6 is 11.3 Å². The molecule has 0 saturated heterocycles. The van der Waals surface area contributed by atoms with Crippen LogP contribution in [0.25, 0.3) is 0 Å². The van der Waals surface area contributed by atoms with Gasteiger partial charge < -0.3 is 19.5 Å². The number of benzene rings is 2. The lowest BCUT2D eigenvalue weighted by atomic mass is 10.1. The van der Waals surface area contributed by atoms with Crippen LogP contribution in [-0.2, 0) is 17.6 Å². The molecule has 3 rings (SSSR count). The van der Waals surface area contributed by atoms with Gasteiger partial charge in [-0.25, -0.2) is 4.98 Å². The number of thiazole rings is 1. The first kappa shape index (κ1) is 22.6. The van der Waals surface area contributed by atoms with Crippen molar-refractivity contribution in [3.8, 4) is 17.2 Å². The first-order valence-corrected chi connectivity index (χ1v) is 10.9. The lowest BCUT2D eigenvalue weighted by Crippen LogP contribution is -2.12. The third kappa shape index (κ3) is 5.55. The van der Waals surface area contributed by atoms with Crippen molar-refractivity contribution in [2.45, 2.75) is 33.1 Å². The Morgan fingerprint density at radius 1 is 0.968 bits per heavy atom. The van der Waals surface area contributed by atoms with Gasteiger partial charge in [0, 0.05) is 17.7 Å².